The van der Waals surface area contributed by atoms with E-state index >= 15 is 0 Å². The average molecular weight is 338 g/mol. The Hall–Kier alpha value is -2.27. The van der Waals surface area contributed by atoms with E-state index in [0.717, 1.165) is 19.1 Å². The first-order valence-corrected chi connectivity index (χ1v) is 8.60. The van der Waals surface area contributed by atoms with E-state index in [-0.39, 0.29) is 45.9 Å². The molecule has 1 aromatic carbocycles. The van der Waals surface area contributed by atoms with Crippen LogP contribution in [0.5, 0.6) is 5.75 Å². The maximum absolute atomic E-state index is 13.6. The van der Waals surface area contributed by atoms with Gasteiger partial charge in [-0.15, -0.1) is 0 Å². The van der Waals surface area contributed by atoms with Crippen molar-refractivity contribution in [1.29, 1.82) is 0 Å². The average Bonchev–Trinajstić information content (AvgIpc) is 2.89. The molecule has 3 unspecified atom stereocenters. The number of benzene rings is 1. The SMILES string of the molecule is C[C@]1(C=O)C2CC[C@]3(C)OC14C(=O)c1ccc(O)cc1C(=O)C4=CC23. The van der Waals surface area contributed by atoms with E-state index in [1.807, 2.05) is 13.0 Å². The molecule has 5 atom stereocenters. The van der Waals surface area contributed by atoms with Gasteiger partial charge >= 0.3 is 0 Å². The summed E-state index contributed by atoms with van der Waals surface area (Å²) in [4.78, 5) is 38.9. The second-order valence-electron chi connectivity index (χ2n) is 8.14. The molecule has 2 fully saturated rings. The van der Waals surface area contributed by atoms with Crippen LogP contribution in [0.1, 0.15) is 47.4 Å². The highest BCUT2D eigenvalue weighted by Crippen LogP contribution is 2.68. The molecule has 1 saturated heterocycles. The van der Waals surface area contributed by atoms with Gasteiger partial charge in [-0.3, -0.25) is 9.59 Å². The van der Waals surface area contributed by atoms with E-state index in [1.54, 1.807) is 6.92 Å². The van der Waals surface area contributed by atoms with E-state index in [4.69, 9.17) is 4.74 Å². The molecule has 5 heteroatoms. The normalized spacial score (nSPS) is 43.5. The lowest BCUT2D eigenvalue weighted by atomic mass is 9.49. The van der Waals surface area contributed by atoms with E-state index in [0.29, 0.717) is 0 Å². The smallest absolute Gasteiger partial charge is 0.201 e. The van der Waals surface area contributed by atoms with Crippen LogP contribution in [0.2, 0.25) is 0 Å². The first kappa shape index (κ1) is 15.0. The Morgan fingerprint density at radius 2 is 2.00 bits per heavy atom. The number of ketones is 2. The van der Waals surface area contributed by atoms with Crippen molar-refractivity contribution in [2.75, 3.05) is 0 Å². The van der Waals surface area contributed by atoms with Crippen molar-refractivity contribution in [3.63, 3.8) is 0 Å². The summed E-state index contributed by atoms with van der Waals surface area (Å²) in [6.45, 7) is 3.73. The van der Waals surface area contributed by atoms with Gasteiger partial charge in [0.15, 0.2) is 11.4 Å². The topological polar surface area (TPSA) is 80.7 Å². The van der Waals surface area contributed by atoms with Crippen molar-refractivity contribution >= 4 is 17.9 Å². The lowest BCUT2D eigenvalue weighted by Gasteiger charge is -2.61. The number of hydrogen-bond donors (Lipinski definition) is 1. The fourth-order valence-corrected chi connectivity index (χ4v) is 5.73. The highest BCUT2D eigenvalue weighted by atomic mass is 16.5. The number of carbonyl (C=O) groups is 3. The molecule has 128 valence electrons. The van der Waals surface area contributed by atoms with Gasteiger partial charge in [-0.05, 0) is 50.8 Å². The van der Waals surface area contributed by atoms with Crippen LogP contribution in [0.15, 0.2) is 29.8 Å². The summed E-state index contributed by atoms with van der Waals surface area (Å²) in [5, 5.41) is 9.73. The summed E-state index contributed by atoms with van der Waals surface area (Å²) in [6.07, 6.45) is 4.26. The molecule has 1 spiro atoms. The van der Waals surface area contributed by atoms with Gasteiger partial charge in [-0.1, -0.05) is 6.08 Å². The first-order chi connectivity index (χ1) is 11.8. The van der Waals surface area contributed by atoms with Crippen LogP contribution in [0.25, 0.3) is 0 Å². The van der Waals surface area contributed by atoms with Crippen molar-refractivity contribution in [2.45, 2.75) is 37.9 Å². The molecule has 0 amide bonds. The van der Waals surface area contributed by atoms with Gasteiger partial charge in [0.05, 0.1) is 11.0 Å². The summed E-state index contributed by atoms with van der Waals surface area (Å²) in [5.41, 5.74) is -2.48. The quantitative estimate of drug-likeness (QED) is 0.796. The second kappa shape index (κ2) is 4.10. The zero-order valence-corrected chi connectivity index (χ0v) is 14.0. The van der Waals surface area contributed by atoms with Crippen LogP contribution in [0.4, 0.5) is 0 Å². The van der Waals surface area contributed by atoms with Gasteiger partial charge in [0, 0.05) is 22.6 Å². The minimum atomic E-state index is -1.56. The molecule has 2 aliphatic heterocycles. The maximum Gasteiger partial charge on any atom is 0.201 e. The third kappa shape index (κ3) is 1.36. The monoisotopic (exact) mass is 338 g/mol. The van der Waals surface area contributed by atoms with E-state index < -0.39 is 16.6 Å². The van der Waals surface area contributed by atoms with Crippen LogP contribution < -0.4 is 0 Å². The number of aldehydes is 1. The fourth-order valence-electron chi connectivity index (χ4n) is 5.73. The lowest BCUT2D eigenvalue weighted by Crippen LogP contribution is -2.72. The van der Waals surface area contributed by atoms with Crippen molar-refractivity contribution < 1.29 is 24.2 Å². The summed E-state index contributed by atoms with van der Waals surface area (Å²) in [5.74, 6) is -0.813. The van der Waals surface area contributed by atoms with Gasteiger partial charge in [0.25, 0.3) is 0 Å². The number of Topliss-reactive ketones (excluding diaryl/α,β-unsaturated/α-hetero) is 2. The molecule has 5 aliphatic rings. The van der Waals surface area contributed by atoms with Crippen LogP contribution in [-0.4, -0.2) is 34.2 Å². The molecule has 3 aliphatic carbocycles. The molecule has 4 bridgehead atoms. The second-order valence-corrected chi connectivity index (χ2v) is 8.14. The number of ether oxygens (including phenoxy) is 1. The summed E-state index contributed by atoms with van der Waals surface area (Å²) >= 11 is 0. The maximum atomic E-state index is 13.6. The van der Waals surface area contributed by atoms with Crippen molar-refractivity contribution in [1.82, 2.24) is 0 Å². The van der Waals surface area contributed by atoms with Gasteiger partial charge in [-0.2, -0.15) is 0 Å². The number of hydrogen-bond acceptors (Lipinski definition) is 5. The van der Waals surface area contributed by atoms with Crippen LogP contribution >= 0.6 is 0 Å². The largest absolute Gasteiger partial charge is 0.508 e. The molecule has 1 aromatic rings. The molecule has 0 aromatic heterocycles. The van der Waals surface area contributed by atoms with Crippen molar-refractivity contribution in [3.05, 3.63) is 41.0 Å². The Kier molecular flexibility index (Phi) is 2.46. The Bertz CT molecular complexity index is 915. The Morgan fingerprint density at radius 3 is 2.72 bits per heavy atom. The minimum Gasteiger partial charge on any atom is -0.508 e. The predicted octanol–water partition coefficient (Wildman–Crippen LogP) is 2.47. The van der Waals surface area contributed by atoms with E-state index in [2.05, 4.69) is 0 Å². The molecular formula is C20H18O5. The highest BCUT2D eigenvalue weighted by Gasteiger charge is 2.76. The van der Waals surface area contributed by atoms with Crippen molar-refractivity contribution in [3.8, 4) is 5.75 Å². The fraction of sp³-hybridized carbons (Fsp3) is 0.450. The summed E-state index contributed by atoms with van der Waals surface area (Å²) < 4.78 is 6.40. The molecular weight excluding hydrogens is 320 g/mol. The number of rotatable bonds is 1. The Labute approximate surface area is 144 Å². The number of carbonyl (C=O) groups excluding carboxylic acids is 3. The van der Waals surface area contributed by atoms with Gasteiger partial charge in [0.1, 0.15) is 12.0 Å². The number of phenols is 1. The first-order valence-electron chi connectivity index (χ1n) is 8.60. The zero-order chi connectivity index (χ0) is 17.8. The standard InChI is InChI=1S/C20H18O5/c1-18(9-21)13-5-6-19(2)14(13)8-15-16(23)12-7-10(22)3-4-11(12)17(24)20(15,18)25-19/h3-4,7-9,13-14,22H,5-6H2,1-2H3/t13?,14?,18-,19-,20?/m0/s1. The number of fused-ring (bicyclic) bond motifs is 1. The lowest BCUT2D eigenvalue weighted by molar-refractivity contribution is -0.219. The Morgan fingerprint density at radius 1 is 1.24 bits per heavy atom. The van der Waals surface area contributed by atoms with E-state index in [1.165, 1.54) is 18.2 Å². The zero-order valence-electron chi connectivity index (χ0n) is 14.0. The van der Waals surface area contributed by atoms with Crippen LogP contribution in [0.3, 0.4) is 0 Å². The van der Waals surface area contributed by atoms with Gasteiger partial charge in [-0.25, -0.2) is 0 Å². The molecule has 2 heterocycles. The molecule has 5 nitrogen and oxygen atoms in total. The third-order valence-electron chi connectivity index (χ3n) is 7.03. The van der Waals surface area contributed by atoms with Crippen LogP contribution in [-0.2, 0) is 9.53 Å². The number of phenolic OH excluding ortho intramolecular Hbond substituents is 1. The third-order valence-corrected chi connectivity index (χ3v) is 7.03. The van der Waals surface area contributed by atoms with Gasteiger partial charge < -0.3 is 14.6 Å². The minimum absolute atomic E-state index is 0.0112. The summed E-state index contributed by atoms with van der Waals surface area (Å²) in [6, 6.07) is 4.16. The summed E-state index contributed by atoms with van der Waals surface area (Å²) in [7, 11) is 0. The van der Waals surface area contributed by atoms with Crippen molar-refractivity contribution in [2.24, 2.45) is 17.3 Å². The van der Waals surface area contributed by atoms with Gasteiger partial charge in [0.2, 0.25) is 5.78 Å². The highest BCUT2D eigenvalue weighted by molar-refractivity contribution is 6.28. The molecule has 6 rings (SSSR count). The molecule has 25 heavy (non-hydrogen) atoms. The number of aromatic hydroxyl groups is 1. The molecule has 1 saturated carbocycles. The predicted molar refractivity (Wildman–Crippen MR) is 87.5 cm³/mol. The molecule has 1 N–H and O–H groups in total. The Balaban J connectivity index is 1.87. The molecule has 0 radical (unpaired) electrons. The van der Waals surface area contributed by atoms with Crippen LogP contribution in [0, 0.1) is 17.3 Å². The van der Waals surface area contributed by atoms with E-state index in [9.17, 15) is 19.5 Å².